The Labute approximate surface area is 159 Å². The molecule has 1 aliphatic carbocycles. The molecule has 1 unspecified atom stereocenters. The van der Waals surface area contributed by atoms with Gasteiger partial charge in [-0.25, -0.2) is 8.42 Å². The van der Waals surface area contributed by atoms with Crippen molar-refractivity contribution in [2.24, 2.45) is 0 Å². The Morgan fingerprint density at radius 2 is 1.78 bits per heavy atom. The zero-order valence-corrected chi connectivity index (χ0v) is 16.0. The van der Waals surface area contributed by atoms with E-state index in [-0.39, 0.29) is 22.8 Å². The zero-order chi connectivity index (χ0) is 18.9. The average molecular weight is 388 g/mol. The highest BCUT2D eigenvalue weighted by Gasteiger charge is 2.30. The highest BCUT2D eigenvalue weighted by atomic mass is 32.2. The number of hydrogen-bond donors (Lipinski definition) is 1. The molecule has 144 valence electrons. The molecule has 2 heterocycles. The van der Waals surface area contributed by atoms with Gasteiger partial charge in [-0.3, -0.25) is 4.79 Å². The van der Waals surface area contributed by atoms with E-state index in [9.17, 15) is 13.2 Å². The van der Waals surface area contributed by atoms with Crippen molar-refractivity contribution in [2.45, 2.75) is 49.7 Å². The van der Waals surface area contributed by atoms with E-state index in [2.05, 4.69) is 17.4 Å². The zero-order valence-electron chi connectivity index (χ0n) is 15.2. The quantitative estimate of drug-likeness (QED) is 0.873. The van der Waals surface area contributed by atoms with Crippen molar-refractivity contribution in [3.63, 3.8) is 0 Å². The first-order chi connectivity index (χ1) is 13.0. The van der Waals surface area contributed by atoms with Gasteiger partial charge in [0.1, 0.15) is 0 Å². The van der Waals surface area contributed by atoms with Gasteiger partial charge < -0.3 is 9.73 Å². The number of rotatable bonds is 4. The maximum Gasteiger partial charge on any atom is 0.287 e. The molecule has 7 heteroatoms. The van der Waals surface area contributed by atoms with Crippen LogP contribution in [0.1, 0.15) is 47.4 Å². The minimum atomic E-state index is -3.66. The van der Waals surface area contributed by atoms with Crippen molar-refractivity contribution in [3.05, 3.63) is 53.3 Å². The molecule has 0 radical (unpaired) electrons. The maximum atomic E-state index is 12.7. The van der Waals surface area contributed by atoms with Crippen molar-refractivity contribution >= 4 is 15.9 Å². The molecule has 1 atom stereocenters. The molecule has 0 spiro atoms. The van der Waals surface area contributed by atoms with Crippen LogP contribution in [-0.2, 0) is 22.9 Å². The van der Waals surface area contributed by atoms with Crippen LogP contribution in [0.2, 0.25) is 0 Å². The second kappa shape index (κ2) is 7.48. The fraction of sp³-hybridized carbons (Fsp3) is 0.450. The number of hydrogen-bond acceptors (Lipinski definition) is 4. The number of carbonyl (C=O) groups excluding carboxylic acids is 1. The first kappa shape index (κ1) is 18.3. The fourth-order valence-corrected chi connectivity index (χ4v) is 5.32. The summed E-state index contributed by atoms with van der Waals surface area (Å²) in [5.41, 5.74) is 2.58. The van der Waals surface area contributed by atoms with E-state index in [0.717, 1.165) is 38.5 Å². The lowest BCUT2D eigenvalue weighted by Crippen LogP contribution is -2.38. The predicted molar refractivity (Wildman–Crippen MR) is 101 cm³/mol. The normalized spacial score (nSPS) is 20.8. The molecular weight excluding hydrogens is 364 g/mol. The monoisotopic (exact) mass is 388 g/mol. The summed E-state index contributed by atoms with van der Waals surface area (Å²) in [5.74, 6) is -0.316. The minimum absolute atomic E-state index is 0.0275. The third-order valence-electron chi connectivity index (χ3n) is 5.40. The Bertz CT molecular complexity index is 929. The van der Waals surface area contributed by atoms with E-state index in [0.29, 0.717) is 13.1 Å². The number of nitrogens with zero attached hydrogens (tertiary/aromatic N) is 1. The predicted octanol–water partition coefficient (Wildman–Crippen LogP) is 2.74. The van der Waals surface area contributed by atoms with Crippen LogP contribution in [0.5, 0.6) is 0 Å². The van der Waals surface area contributed by atoms with Crippen LogP contribution < -0.4 is 5.32 Å². The van der Waals surface area contributed by atoms with Crippen LogP contribution in [0.15, 0.2) is 45.9 Å². The van der Waals surface area contributed by atoms with E-state index in [1.807, 2.05) is 12.1 Å². The lowest BCUT2D eigenvalue weighted by Gasteiger charge is -2.25. The standard InChI is InChI=1S/C20H24N2O4S/c23-20(21-17-9-8-15-6-2-3-7-16(15)14-17)18-10-11-19(26-18)27(24,25)22-12-4-1-5-13-22/h2-3,6-7,10-11,17H,1,4-5,8-9,12-14H2,(H,21,23). The molecule has 6 nitrogen and oxygen atoms in total. The van der Waals surface area contributed by atoms with Gasteiger partial charge in [-0.2, -0.15) is 4.31 Å². The molecular formula is C20H24N2O4S. The van der Waals surface area contributed by atoms with Gasteiger partial charge in [-0.1, -0.05) is 30.7 Å². The highest BCUT2D eigenvalue weighted by Crippen LogP contribution is 2.24. The molecule has 1 saturated heterocycles. The Hall–Kier alpha value is -2.12. The van der Waals surface area contributed by atoms with Gasteiger partial charge in [0.25, 0.3) is 15.9 Å². The molecule has 1 fully saturated rings. The molecule has 2 aliphatic rings. The second-order valence-electron chi connectivity index (χ2n) is 7.27. The summed E-state index contributed by atoms with van der Waals surface area (Å²) in [5, 5.41) is 2.83. The summed E-state index contributed by atoms with van der Waals surface area (Å²) in [4.78, 5) is 12.5. The lowest BCUT2D eigenvalue weighted by molar-refractivity contribution is 0.0900. The van der Waals surface area contributed by atoms with Crippen molar-refractivity contribution in [1.29, 1.82) is 0 Å². The minimum Gasteiger partial charge on any atom is -0.438 e. The van der Waals surface area contributed by atoms with Crippen LogP contribution in [0.25, 0.3) is 0 Å². The van der Waals surface area contributed by atoms with E-state index >= 15 is 0 Å². The smallest absolute Gasteiger partial charge is 0.287 e. The number of benzene rings is 1. The molecule has 1 aromatic carbocycles. The maximum absolute atomic E-state index is 12.7. The second-order valence-corrected chi connectivity index (χ2v) is 9.13. The van der Waals surface area contributed by atoms with Crippen LogP contribution in [0.3, 0.4) is 0 Å². The van der Waals surface area contributed by atoms with Gasteiger partial charge in [0.05, 0.1) is 0 Å². The van der Waals surface area contributed by atoms with E-state index < -0.39 is 10.0 Å². The number of piperidine rings is 1. The van der Waals surface area contributed by atoms with Gasteiger partial charge in [0.2, 0.25) is 5.09 Å². The summed E-state index contributed by atoms with van der Waals surface area (Å²) in [6.45, 7) is 1.01. The Balaban J connectivity index is 1.43. The van der Waals surface area contributed by atoms with Gasteiger partial charge in [0, 0.05) is 19.1 Å². The first-order valence-corrected chi connectivity index (χ1v) is 11.0. The molecule has 1 aliphatic heterocycles. The molecule has 1 N–H and O–H groups in total. The molecule has 1 aromatic heterocycles. The van der Waals surface area contributed by atoms with Crippen LogP contribution in [0, 0.1) is 0 Å². The van der Waals surface area contributed by atoms with Gasteiger partial charge in [0.15, 0.2) is 5.76 Å². The first-order valence-electron chi connectivity index (χ1n) is 9.52. The van der Waals surface area contributed by atoms with Crippen LogP contribution in [-0.4, -0.2) is 37.8 Å². The SMILES string of the molecule is O=C(NC1CCc2ccccc2C1)c1ccc(S(=O)(=O)N2CCCCC2)o1. The van der Waals surface area contributed by atoms with E-state index in [1.54, 1.807) is 0 Å². The number of nitrogens with one attached hydrogen (secondary N) is 1. The van der Waals surface area contributed by atoms with E-state index in [4.69, 9.17) is 4.42 Å². The summed E-state index contributed by atoms with van der Waals surface area (Å²) in [7, 11) is -3.66. The molecule has 0 saturated carbocycles. The number of fused-ring (bicyclic) bond motifs is 1. The summed E-state index contributed by atoms with van der Waals surface area (Å²) in [6, 6.07) is 11.1. The molecule has 27 heavy (non-hydrogen) atoms. The Morgan fingerprint density at radius 3 is 2.56 bits per heavy atom. The highest BCUT2D eigenvalue weighted by molar-refractivity contribution is 7.89. The topological polar surface area (TPSA) is 79.6 Å². The Morgan fingerprint density at radius 1 is 1.04 bits per heavy atom. The summed E-state index contributed by atoms with van der Waals surface area (Å²) < 4.78 is 32.2. The molecule has 4 rings (SSSR count). The largest absolute Gasteiger partial charge is 0.438 e. The van der Waals surface area contributed by atoms with Crippen molar-refractivity contribution < 1.29 is 17.6 Å². The third kappa shape index (κ3) is 3.80. The number of carbonyl (C=O) groups is 1. The number of amides is 1. The van der Waals surface area contributed by atoms with Crippen molar-refractivity contribution in [1.82, 2.24) is 9.62 Å². The molecule has 0 bridgehead atoms. The number of aryl methyl sites for hydroxylation is 1. The van der Waals surface area contributed by atoms with Crippen LogP contribution in [0.4, 0.5) is 0 Å². The average Bonchev–Trinajstić information content (AvgIpc) is 3.20. The van der Waals surface area contributed by atoms with Gasteiger partial charge in [-0.05, 0) is 55.4 Å². The van der Waals surface area contributed by atoms with Gasteiger partial charge >= 0.3 is 0 Å². The summed E-state index contributed by atoms with van der Waals surface area (Å²) >= 11 is 0. The van der Waals surface area contributed by atoms with Crippen LogP contribution >= 0.6 is 0 Å². The van der Waals surface area contributed by atoms with Gasteiger partial charge in [-0.15, -0.1) is 0 Å². The Kier molecular flexibility index (Phi) is 5.06. The molecule has 2 aromatic rings. The number of furan rings is 1. The third-order valence-corrected chi connectivity index (χ3v) is 7.17. The molecule has 1 amide bonds. The van der Waals surface area contributed by atoms with Crippen molar-refractivity contribution in [3.8, 4) is 0 Å². The number of sulfonamides is 1. The van der Waals surface area contributed by atoms with E-state index in [1.165, 1.54) is 27.6 Å². The van der Waals surface area contributed by atoms with Crippen molar-refractivity contribution in [2.75, 3.05) is 13.1 Å². The summed E-state index contributed by atoms with van der Waals surface area (Å²) in [6.07, 6.45) is 5.33. The lowest BCUT2D eigenvalue weighted by atomic mass is 9.88. The fourth-order valence-electron chi connectivity index (χ4n) is 3.89.